The second-order valence-electron chi connectivity index (χ2n) is 8.90. The molecular weight excluding hydrogens is 406 g/mol. The smallest absolute Gasteiger partial charge is 0.251 e. The van der Waals surface area contributed by atoms with E-state index in [-0.39, 0.29) is 18.2 Å². The van der Waals surface area contributed by atoms with Crippen LogP contribution in [0, 0.1) is 12.8 Å². The summed E-state index contributed by atoms with van der Waals surface area (Å²) in [6.45, 7) is 4.31. The maximum absolute atomic E-state index is 13.0. The first-order chi connectivity index (χ1) is 15.0. The van der Waals surface area contributed by atoms with Crippen molar-refractivity contribution in [3.63, 3.8) is 0 Å². The third-order valence-corrected chi connectivity index (χ3v) is 7.66. The van der Waals surface area contributed by atoms with Crippen molar-refractivity contribution in [2.24, 2.45) is 5.92 Å². The van der Waals surface area contributed by atoms with Crippen molar-refractivity contribution in [1.82, 2.24) is 10.3 Å². The molecule has 1 aliphatic heterocycles. The number of nitrogens with one attached hydrogen (secondary N) is 1. The van der Waals surface area contributed by atoms with Crippen LogP contribution in [0.1, 0.15) is 44.6 Å². The van der Waals surface area contributed by atoms with Crippen molar-refractivity contribution in [3.8, 4) is 10.6 Å². The van der Waals surface area contributed by atoms with E-state index in [0.717, 1.165) is 27.2 Å². The lowest BCUT2D eigenvalue weighted by Gasteiger charge is -2.31. The number of carbonyl (C=O) groups is 2. The predicted molar refractivity (Wildman–Crippen MR) is 125 cm³/mol. The molecule has 2 amide bonds. The zero-order chi connectivity index (χ0) is 21.5. The Morgan fingerprint density at radius 3 is 2.61 bits per heavy atom. The quantitative estimate of drug-likeness (QED) is 0.584. The van der Waals surface area contributed by atoms with E-state index in [1.807, 2.05) is 30.3 Å². The monoisotopic (exact) mass is 433 g/mol. The standard InChI is InChI=1S/C25H27N3O2S/c1-15-7-12-20-22(13-15)31-24(27-20)17-8-10-18(11-9-17)28-23(29)14-21(25(28)30)26-19-6-4-3-5-16(19)2/h7-13,16,19,21,26H,3-6,14H2,1-2H3/t16-,19+,21-/m0/s1. The Hall–Kier alpha value is -2.57. The minimum Gasteiger partial charge on any atom is -0.302 e. The van der Waals surface area contributed by atoms with Gasteiger partial charge in [0.2, 0.25) is 5.91 Å². The maximum atomic E-state index is 13.0. The molecule has 2 aliphatic rings. The molecule has 0 bridgehead atoms. The Bertz CT molecular complexity index is 1140. The number of aromatic nitrogens is 1. The van der Waals surface area contributed by atoms with Crippen LogP contribution in [0.25, 0.3) is 20.8 Å². The van der Waals surface area contributed by atoms with Crippen LogP contribution in [0.5, 0.6) is 0 Å². The summed E-state index contributed by atoms with van der Waals surface area (Å²) in [6.07, 6.45) is 4.94. The van der Waals surface area contributed by atoms with Gasteiger partial charge >= 0.3 is 0 Å². The molecule has 1 saturated carbocycles. The molecule has 6 heteroatoms. The van der Waals surface area contributed by atoms with E-state index >= 15 is 0 Å². The van der Waals surface area contributed by atoms with Crippen molar-refractivity contribution in [3.05, 3.63) is 48.0 Å². The summed E-state index contributed by atoms with van der Waals surface area (Å²) in [5.74, 6) is 0.280. The molecule has 3 atom stereocenters. The van der Waals surface area contributed by atoms with Crippen LogP contribution in [-0.2, 0) is 9.59 Å². The van der Waals surface area contributed by atoms with Gasteiger partial charge in [-0.05, 0) is 67.6 Å². The lowest BCUT2D eigenvalue weighted by atomic mass is 9.85. The minimum atomic E-state index is -0.412. The van der Waals surface area contributed by atoms with E-state index in [0.29, 0.717) is 17.6 Å². The normalized spacial score (nSPS) is 24.3. The van der Waals surface area contributed by atoms with Crippen molar-refractivity contribution >= 4 is 39.1 Å². The summed E-state index contributed by atoms with van der Waals surface area (Å²) in [5, 5.41) is 4.43. The molecule has 0 unspecified atom stereocenters. The Labute approximate surface area is 186 Å². The number of amides is 2. The van der Waals surface area contributed by atoms with Crippen molar-refractivity contribution in [2.45, 2.75) is 58.0 Å². The summed E-state index contributed by atoms with van der Waals surface area (Å²) in [5.41, 5.74) is 3.84. The Kier molecular flexibility index (Phi) is 5.36. The molecule has 2 fully saturated rings. The molecule has 1 aliphatic carbocycles. The maximum Gasteiger partial charge on any atom is 0.251 e. The second kappa shape index (κ2) is 8.17. The van der Waals surface area contributed by atoms with E-state index in [1.165, 1.54) is 29.7 Å². The molecule has 0 spiro atoms. The highest BCUT2D eigenvalue weighted by atomic mass is 32.1. The van der Waals surface area contributed by atoms with Gasteiger partial charge in [-0.3, -0.25) is 9.59 Å². The number of nitrogens with zero attached hydrogens (tertiary/aromatic N) is 2. The van der Waals surface area contributed by atoms with Crippen LogP contribution < -0.4 is 10.2 Å². The number of benzene rings is 2. The van der Waals surface area contributed by atoms with Gasteiger partial charge < -0.3 is 5.32 Å². The van der Waals surface area contributed by atoms with E-state index in [9.17, 15) is 9.59 Å². The first kappa shape index (κ1) is 20.3. The lowest BCUT2D eigenvalue weighted by molar-refractivity contribution is -0.121. The number of anilines is 1. The van der Waals surface area contributed by atoms with Gasteiger partial charge in [0, 0.05) is 11.6 Å². The number of fused-ring (bicyclic) bond motifs is 1. The van der Waals surface area contributed by atoms with Crippen molar-refractivity contribution in [2.75, 3.05) is 4.90 Å². The van der Waals surface area contributed by atoms with Crippen LogP contribution in [-0.4, -0.2) is 28.9 Å². The molecule has 160 valence electrons. The van der Waals surface area contributed by atoms with E-state index in [2.05, 4.69) is 31.3 Å². The van der Waals surface area contributed by atoms with E-state index in [1.54, 1.807) is 11.3 Å². The summed E-state index contributed by atoms with van der Waals surface area (Å²) < 4.78 is 1.16. The first-order valence-electron chi connectivity index (χ1n) is 11.1. The number of imide groups is 1. The fraction of sp³-hybridized carbons (Fsp3) is 0.400. The summed E-state index contributed by atoms with van der Waals surface area (Å²) in [6, 6.07) is 13.8. The molecule has 5 nitrogen and oxygen atoms in total. The summed E-state index contributed by atoms with van der Waals surface area (Å²) in [4.78, 5) is 31.8. The highest BCUT2D eigenvalue weighted by molar-refractivity contribution is 7.21. The summed E-state index contributed by atoms with van der Waals surface area (Å²) >= 11 is 1.66. The van der Waals surface area contributed by atoms with Gasteiger partial charge in [0.25, 0.3) is 5.91 Å². The Balaban J connectivity index is 1.33. The average Bonchev–Trinajstić information content (AvgIpc) is 3.30. The number of rotatable bonds is 4. The van der Waals surface area contributed by atoms with Gasteiger partial charge in [0.15, 0.2) is 0 Å². The molecule has 2 heterocycles. The number of aryl methyl sites for hydroxylation is 1. The number of carbonyl (C=O) groups excluding carboxylic acids is 2. The third kappa shape index (κ3) is 3.90. The largest absolute Gasteiger partial charge is 0.302 e. The number of thiazole rings is 1. The zero-order valence-electron chi connectivity index (χ0n) is 17.9. The molecule has 2 aromatic carbocycles. The molecule has 31 heavy (non-hydrogen) atoms. The van der Waals surface area contributed by atoms with Crippen LogP contribution >= 0.6 is 11.3 Å². The molecule has 3 aromatic rings. The zero-order valence-corrected chi connectivity index (χ0v) is 18.7. The fourth-order valence-corrected chi connectivity index (χ4v) is 5.83. The number of hydrogen-bond acceptors (Lipinski definition) is 5. The third-order valence-electron chi connectivity index (χ3n) is 6.59. The average molecular weight is 434 g/mol. The molecule has 5 rings (SSSR count). The van der Waals surface area contributed by atoms with Gasteiger partial charge in [-0.15, -0.1) is 11.3 Å². The van der Waals surface area contributed by atoms with Gasteiger partial charge in [-0.25, -0.2) is 9.88 Å². The highest BCUT2D eigenvalue weighted by Crippen LogP contribution is 2.33. The molecule has 1 N–H and O–H groups in total. The predicted octanol–water partition coefficient (Wildman–Crippen LogP) is 5.07. The molecule has 1 aromatic heterocycles. The lowest BCUT2D eigenvalue weighted by Crippen LogP contribution is -2.47. The van der Waals surface area contributed by atoms with Crippen LogP contribution in [0.3, 0.4) is 0 Å². The van der Waals surface area contributed by atoms with E-state index < -0.39 is 6.04 Å². The Morgan fingerprint density at radius 2 is 1.84 bits per heavy atom. The van der Waals surface area contributed by atoms with Gasteiger partial charge in [0.1, 0.15) is 5.01 Å². The van der Waals surface area contributed by atoms with Crippen molar-refractivity contribution < 1.29 is 9.59 Å². The van der Waals surface area contributed by atoms with Gasteiger partial charge in [-0.1, -0.05) is 25.8 Å². The van der Waals surface area contributed by atoms with Crippen LogP contribution in [0.15, 0.2) is 42.5 Å². The minimum absolute atomic E-state index is 0.130. The van der Waals surface area contributed by atoms with Crippen molar-refractivity contribution in [1.29, 1.82) is 0 Å². The molecule has 1 saturated heterocycles. The van der Waals surface area contributed by atoms with Gasteiger partial charge in [0.05, 0.1) is 28.4 Å². The van der Waals surface area contributed by atoms with E-state index in [4.69, 9.17) is 4.98 Å². The van der Waals surface area contributed by atoms with Crippen LogP contribution in [0.2, 0.25) is 0 Å². The SMILES string of the molecule is Cc1ccc2nc(-c3ccc(N4C(=O)C[C@H](N[C@@H]5CCCC[C@@H]5C)C4=O)cc3)sc2c1. The topological polar surface area (TPSA) is 62.3 Å². The van der Waals surface area contributed by atoms with Crippen LogP contribution in [0.4, 0.5) is 5.69 Å². The second-order valence-corrected chi connectivity index (χ2v) is 9.93. The summed E-state index contributed by atoms with van der Waals surface area (Å²) in [7, 11) is 0. The fourth-order valence-electron chi connectivity index (χ4n) is 4.76. The van der Waals surface area contributed by atoms with Gasteiger partial charge in [-0.2, -0.15) is 0 Å². The first-order valence-corrected chi connectivity index (χ1v) is 11.9. The highest BCUT2D eigenvalue weighted by Gasteiger charge is 2.41. The molecular formula is C25H27N3O2S. The molecule has 0 radical (unpaired) electrons. The number of hydrogen-bond donors (Lipinski definition) is 1. The Morgan fingerprint density at radius 1 is 1.06 bits per heavy atom.